The quantitative estimate of drug-likeness (QED) is 0.468. The van der Waals surface area contributed by atoms with Crippen LogP contribution in [0.5, 0.6) is 11.5 Å². The van der Waals surface area contributed by atoms with Crippen molar-refractivity contribution in [2.75, 3.05) is 19.8 Å². The molecule has 0 unspecified atom stereocenters. The van der Waals surface area contributed by atoms with Crippen molar-refractivity contribution in [3.8, 4) is 11.5 Å². The maximum absolute atomic E-state index is 13.3. The molecule has 0 saturated carbocycles. The fourth-order valence-corrected chi connectivity index (χ4v) is 4.43. The maximum atomic E-state index is 13.3. The summed E-state index contributed by atoms with van der Waals surface area (Å²) in [6.45, 7) is 4.67. The Morgan fingerprint density at radius 1 is 1.00 bits per heavy atom. The van der Waals surface area contributed by atoms with Gasteiger partial charge in [-0.2, -0.15) is 0 Å². The van der Waals surface area contributed by atoms with E-state index in [9.17, 15) is 9.59 Å². The van der Waals surface area contributed by atoms with Crippen LogP contribution in [0, 0.1) is 0 Å². The standard InChI is InChI=1S/C27H29NO5/c1-3-31-21-12-7-9-19(17-21)25-24(18(2)28-22-13-8-14-23(29)26(22)25)27(30)33-16-15-32-20-10-5-4-6-11-20/h4-7,9-12,17,25,28H,3,8,13-16H2,1-2H3/t25-/m1/s1. The smallest absolute Gasteiger partial charge is 0.336 e. The topological polar surface area (TPSA) is 73.9 Å². The van der Waals surface area contributed by atoms with E-state index >= 15 is 0 Å². The fourth-order valence-electron chi connectivity index (χ4n) is 4.43. The molecule has 2 aliphatic rings. The van der Waals surface area contributed by atoms with Crippen LogP contribution in [0.1, 0.15) is 44.6 Å². The number of rotatable bonds is 8. The van der Waals surface area contributed by atoms with Crippen LogP contribution in [0.2, 0.25) is 0 Å². The Hall–Kier alpha value is -3.54. The Labute approximate surface area is 194 Å². The largest absolute Gasteiger partial charge is 0.494 e. The van der Waals surface area contributed by atoms with Crippen LogP contribution in [0.15, 0.2) is 77.1 Å². The summed E-state index contributed by atoms with van der Waals surface area (Å²) in [5, 5.41) is 3.31. The summed E-state index contributed by atoms with van der Waals surface area (Å²) in [4.78, 5) is 26.2. The molecule has 0 fully saturated rings. The first-order chi connectivity index (χ1) is 16.1. The van der Waals surface area contributed by atoms with Gasteiger partial charge in [0.25, 0.3) is 0 Å². The lowest BCUT2D eigenvalue weighted by atomic mass is 9.75. The van der Waals surface area contributed by atoms with Gasteiger partial charge >= 0.3 is 5.97 Å². The Bertz CT molecular complexity index is 1090. The van der Waals surface area contributed by atoms with E-state index in [1.165, 1.54) is 0 Å². The van der Waals surface area contributed by atoms with E-state index in [1.54, 1.807) is 0 Å². The Balaban J connectivity index is 1.58. The molecule has 1 atom stereocenters. The molecule has 0 spiro atoms. The van der Waals surface area contributed by atoms with Crippen LogP contribution in [0.4, 0.5) is 0 Å². The third-order valence-corrected chi connectivity index (χ3v) is 5.83. The number of ketones is 1. The number of allylic oxidation sites excluding steroid dienone is 3. The zero-order valence-corrected chi connectivity index (χ0v) is 19.1. The van der Waals surface area contributed by atoms with E-state index in [4.69, 9.17) is 14.2 Å². The van der Waals surface area contributed by atoms with Crippen molar-refractivity contribution in [2.45, 2.75) is 39.0 Å². The van der Waals surface area contributed by atoms with Gasteiger partial charge in [-0.25, -0.2) is 4.79 Å². The summed E-state index contributed by atoms with van der Waals surface area (Å²) in [5.74, 6) is 0.559. The van der Waals surface area contributed by atoms with Crippen LogP contribution in [0.25, 0.3) is 0 Å². The monoisotopic (exact) mass is 447 g/mol. The SMILES string of the molecule is CCOc1cccc([C@@H]2C(C(=O)OCCOc3ccccc3)=C(C)NC3=C2C(=O)CCC3)c1. The number of Topliss-reactive ketones (excluding diaryl/α,β-unsaturated/α-hetero) is 1. The van der Waals surface area contributed by atoms with Crippen molar-refractivity contribution in [3.05, 3.63) is 82.7 Å². The summed E-state index contributed by atoms with van der Waals surface area (Å²) < 4.78 is 16.9. The van der Waals surface area contributed by atoms with Gasteiger partial charge in [-0.05, 0) is 56.5 Å². The number of carbonyl (C=O) groups is 2. The lowest BCUT2D eigenvalue weighted by Crippen LogP contribution is -2.34. The number of dihydropyridines is 1. The molecule has 6 heteroatoms. The van der Waals surface area contributed by atoms with E-state index in [1.807, 2.05) is 68.4 Å². The van der Waals surface area contributed by atoms with Crippen LogP contribution >= 0.6 is 0 Å². The zero-order valence-electron chi connectivity index (χ0n) is 19.1. The number of nitrogens with one attached hydrogen (secondary N) is 1. The summed E-state index contributed by atoms with van der Waals surface area (Å²) in [6.07, 6.45) is 2.07. The number of esters is 1. The molecule has 172 valence electrons. The molecular formula is C27H29NO5. The minimum Gasteiger partial charge on any atom is -0.494 e. The second-order valence-corrected chi connectivity index (χ2v) is 8.07. The third kappa shape index (κ3) is 5.11. The van der Waals surface area contributed by atoms with Gasteiger partial charge in [-0.15, -0.1) is 0 Å². The third-order valence-electron chi connectivity index (χ3n) is 5.83. The lowest BCUT2D eigenvalue weighted by molar-refractivity contribution is -0.140. The van der Waals surface area contributed by atoms with Crippen LogP contribution in [-0.2, 0) is 14.3 Å². The maximum Gasteiger partial charge on any atom is 0.336 e. The summed E-state index contributed by atoms with van der Waals surface area (Å²) >= 11 is 0. The molecule has 0 saturated heterocycles. The molecule has 33 heavy (non-hydrogen) atoms. The molecule has 1 heterocycles. The van der Waals surface area contributed by atoms with E-state index < -0.39 is 11.9 Å². The molecule has 6 nitrogen and oxygen atoms in total. The van der Waals surface area contributed by atoms with E-state index in [0.29, 0.717) is 35.6 Å². The van der Waals surface area contributed by atoms with Gasteiger partial charge in [-0.1, -0.05) is 30.3 Å². The minimum absolute atomic E-state index is 0.0702. The second-order valence-electron chi connectivity index (χ2n) is 8.07. The fraction of sp³-hybridized carbons (Fsp3) is 0.333. The minimum atomic E-state index is -0.489. The predicted molar refractivity (Wildman–Crippen MR) is 125 cm³/mol. The molecule has 2 aromatic carbocycles. The average molecular weight is 448 g/mol. The van der Waals surface area contributed by atoms with Gasteiger partial charge in [0.1, 0.15) is 24.7 Å². The number of para-hydroxylation sites is 1. The predicted octanol–water partition coefficient (Wildman–Crippen LogP) is 4.68. The first kappa shape index (κ1) is 22.6. The Kier molecular flexibility index (Phi) is 7.13. The normalized spacial score (nSPS) is 17.9. The van der Waals surface area contributed by atoms with Crippen LogP contribution in [0.3, 0.4) is 0 Å². The number of ether oxygens (including phenoxy) is 3. The molecule has 4 rings (SSSR count). The van der Waals surface area contributed by atoms with Gasteiger partial charge in [0, 0.05) is 29.3 Å². The second kappa shape index (κ2) is 10.4. The van der Waals surface area contributed by atoms with E-state index in [0.717, 1.165) is 29.9 Å². The molecule has 1 N–H and O–H groups in total. The summed E-state index contributed by atoms with van der Waals surface area (Å²) in [6, 6.07) is 17.0. The van der Waals surface area contributed by atoms with E-state index in [2.05, 4.69) is 5.32 Å². The van der Waals surface area contributed by atoms with Gasteiger partial charge in [0.15, 0.2) is 5.78 Å². The average Bonchev–Trinajstić information content (AvgIpc) is 2.82. The van der Waals surface area contributed by atoms with Crippen molar-refractivity contribution >= 4 is 11.8 Å². The van der Waals surface area contributed by atoms with Crippen molar-refractivity contribution < 1.29 is 23.8 Å². The molecular weight excluding hydrogens is 418 g/mol. The van der Waals surface area contributed by atoms with Crippen molar-refractivity contribution in [3.63, 3.8) is 0 Å². The van der Waals surface area contributed by atoms with Crippen LogP contribution < -0.4 is 14.8 Å². The van der Waals surface area contributed by atoms with Crippen molar-refractivity contribution in [1.82, 2.24) is 5.32 Å². The highest BCUT2D eigenvalue weighted by Gasteiger charge is 2.39. The molecule has 2 aromatic rings. The number of hydrogen-bond acceptors (Lipinski definition) is 6. The van der Waals surface area contributed by atoms with Crippen LogP contribution in [-0.4, -0.2) is 31.6 Å². The summed E-state index contributed by atoms with van der Waals surface area (Å²) in [7, 11) is 0. The lowest BCUT2D eigenvalue weighted by Gasteiger charge is -2.34. The molecule has 1 aliphatic heterocycles. The first-order valence-corrected chi connectivity index (χ1v) is 11.4. The molecule has 1 aliphatic carbocycles. The van der Waals surface area contributed by atoms with Crippen molar-refractivity contribution in [2.24, 2.45) is 0 Å². The highest BCUT2D eigenvalue weighted by Crippen LogP contribution is 2.43. The van der Waals surface area contributed by atoms with Gasteiger partial charge in [0.2, 0.25) is 0 Å². The highest BCUT2D eigenvalue weighted by atomic mass is 16.6. The van der Waals surface area contributed by atoms with Crippen molar-refractivity contribution in [1.29, 1.82) is 0 Å². The molecule has 0 radical (unpaired) electrons. The Morgan fingerprint density at radius 2 is 1.79 bits per heavy atom. The number of benzene rings is 2. The Morgan fingerprint density at radius 3 is 2.58 bits per heavy atom. The van der Waals surface area contributed by atoms with E-state index in [-0.39, 0.29) is 19.0 Å². The molecule has 0 amide bonds. The van der Waals surface area contributed by atoms with Gasteiger partial charge in [-0.3, -0.25) is 4.79 Å². The van der Waals surface area contributed by atoms with Gasteiger partial charge < -0.3 is 19.5 Å². The number of carbonyl (C=O) groups excluding carboxylic acids is 2. The first-order valence-electron chi connectivity index (χ1n) is 11.4. The van der Waals surface area contributed by atoms with Gasteiger partial charge in [0.05, 0.1) is 12.2 Å². The highest BCUT2D eigenvalue weighted by molar-refractivity contribution is 6.03. The zero-order chi connectivity index (χ0) is 23.2. The molecule has 0 bridgehead atoms. The molecule has 0 aromatic heterocycles. The number of hydrogen-bond donors (Lipinski definition) is 1. The summed E-state index contributed by atoms with van der Waals surface area (Å²) in [5.41, 5.74) is 3.58.